The molecule has 0 atom stereocenters. The van der Waals surface area contributed by atoms with Gasteiger partial charge in [0, 0.05) is 6.07 Å². The molecule has 2 aromatic rings. The molecule has 0 amide bonds. The first-order valence-corrected chi connectivity index (χ1v) is 3.39. The molecule has 0 unspecified atom stereocenters. The van der Waals surface area contributed by atoms with E-state index in [2.05, 4.69) is 5.10 Å². The first-order chi connectivity index (χ1) is 5.25. The third-order valence-corrected chi connectivity index (χ3v) is 1.64. The molecule has 56 valence electrons. The maximum Gasteiger partial charge on any atom is 0.202 e. The summed E-state index contributed by atoms with van der Waals surface area (Å²) in [5, 5.41) is 4.00. The van der Waals surface area contributed by atoms with E-state index in [1.165, 1.54) is 12.1 Å². The number of nitrogens with one attached hydrogen (secondary N) is 1. The van der Waals surface area contributed by atoms with E-state index in [0.717, 1.165) is 10.9 Å². The van der Waals surface area contributed by atoms with Crippen molar-refractivity contribution in [2.75, 3.05) is 0 Å². The highest BCUT2D eigenvalue weighted by molar-refractivity contribution is 5.76. The number of benzene rings is 1. The number of aromatic amines is 1. The molecule has 0 saturated carbocycles. The van der Waals surface area contributed by atoms with Crippen LogP contribution in [0, 0.1) is 5.82 Å². The molecule has 0 saturated heterocycles. The van der Waals surface area contributed by atoms with E-state index < -0.39 is 0 Å². The van der Waals surface area contributed by atoms with Crippen molar-refractivity contribution < 1.29 is 9.07 Å². The third kappa shape index (κ3) is 0.981. The van der Waals surface area contributed by atoms with Crippen molar-refractivity contribution in [3.63, 3.8) is 0 Å². The molecule has 0 aliphatic rings. The van der Waals surface area contributed by atoms with Gasteiger partial charge in [-0.2, -0.15) is 5.10 Å². The molecular weight excluding hydrogens is 143 g/mol. The number of hydrogen-bond acceptors (Lipinski definition) is 0. The standard InChI is InChI=1S/C8H7FN2/c1-11-5-6-2-3-7(9)4-8(6)10-11/h2-5H,1H3/p+1. The van der Waals surface area contributed by atoms with Gasteiger partial charge >= 0.3 is 0 Å². The van der Waals surface area contributed by atoms with Gasteiger partial charge in [-0.3, -0.25) is 0 Å². The number of rotatable bonds is 0. The predicted molar refractivity (Wildman–Crippen MR) is 39.4 cm³/mol. The summed E-state index contributed by atoms with van der Waals surface area (Å²) in [6.45, 7) is 0. The van der Waals surface area contributed by atoms with Gasteiger partial charge in [0.25, 0.3) is 0 Å². The maximum atomic E-state index is 12.6. The van der Waals surface area contributed by atoms with Crippen molar-refractivity contribution in [1.82, 2.24) is 5.10 Å². The second-order valence-corrected chi connectivity index (χ2v) is 2.58. The molecule has 1 aromatic carbocycles. The lowest BCUT2D eigenvalue weighted by Gasteiger charge is -1.83. The molecule has 1 heterocycles. The maximum absolute atomic E-state index is 12.6. The quantitative estimate of drug-likeness (QED) is 0.544. The number of H-pyrrole nitrogens is 1. The number of nitrogens with zero attached hydrogens (tertiary/aromatic N) is 1. The summed E-state index contributed by atoms with van der Waals surface area (Å²) in [4.78, 5) is 0. The van der Waals surface area contributed by atoms with E-state index in [9.17, 15) is 4.39 Å². The lowest BCUT2D eigenvalue weighted by atomic mass is 10.2. The van der Waals surface area contributed by atoms with Crippen molar-refractivity contribution in [1.29, 1.82) is 0 Å². The predicted octanol–water partition coefficient (Wildman–Crippen LogP) is 1.13. The van der Waals surface area contributed by atoms with Crippen molar-refractivity contribution in [3.05, 3.63) is 30.2 Å². The normalized spacial score (nSPS) is 10.7. The molecule has 3 heteroatoms. The Morgan fingerprint density at radius 1 is 1.45 bits per heavy atom. The van der Waals surface area contributed by atoms with E-state index in [1.807, 2.05) is 13.2 Å². The second kappa shape index (κ2) is 2.05. The molecule has 1 N–H and O–H groups in total. The number of aromatic nitrogens is 2. The summed E-state index contributed by atoms with van der Waals surface area (Å²) in [6.07, 6.45) is 1.91. The molecule has 0 bridgehead atoms. The van der Waals surface area contributed by atoms with Crippen LogP contribution < -0.4 is 4.68 Å². The van der Waals surface area contributed by atoms with Gasteiger partial charge in [-0.05, 0) is 12.1 Å². The Balaban J connectivity index is 2.82. The zero-order valence-corrected chi connectivity index (χ0v) is 6.13. The summed E-state index contributed by atoms with van der Waals surface area (Å²) in [5.74, 6) is -0.208. The van der Waals surface area contributed by atoms with Crippen LogP contribution in [-0.4, -0.2) is 5.10 Å². The van der Waals surface area contributed by atoms with E-state index in [4.69, 9.17) is 0 Å². The minimum atomic E-state index is -0.208. The smallest absolute Gasteiger partial charge is 0.202 e. The Labute approximate surface area is 63.3 Å². The largest absolute Gasteiger partial charge is 0.207 e. The van der Waals surface area contributed by atoms with Crippen LogP contribution >= 0.6 is 0 Å². The van der Waals surface area contributed by atoms with E-state index in [-0.39, 0.29) is 5.82 Å². The van der Waals surface area contributed by atoms with Gasteiger partial charge in [0.05, 0.1) is 5.39 Å². The van der Waals surface area contributed by atoms with E-state index >= 15 is 0 Å². The molecular formula is C8H8FN2+. The van der Waals surface area contributed by atoms with Gasteiger partial charge in [-0.25, -0.2) is 4.39 Å². The lowest BCUT2D eigenvalue weighted by molar-refractivity contribution is -0.724. The summed E-state index contributed by atoms with van der Waals surface area (Å²) >= 11 is 0. The Bertz CT molecular complexity index is 392. The average Bonchev–Trinajstić information content (AvgIpc) is 2.27. The van der Waals surface area contributed by atoms with Crippen molar-refractivity contribution in [2.45, 2.75) is 0 Å². The van der Waals surface area contributed by atoms with Crippen LogP contribution in [0.15, 0.2) is 24.4 Å². The number of hydrogen-bond donors (Lipinski definition) is 1. The van der Waals surface area contributed by atoms with Crippen LogP contribution in [0.2, 0.25) is 0 Å². The minimum Gasteiger partial charge on any atom is -0.207 e. The second-order valence-electron chi connectivity index (χ2n) is 2.58. The molecule has 0 aliphatic carbocycles. The van der Waals surface area contributed by atoms with E-state index in [0.29, 0.717) is 0 Å². The summed E-state index contributed by atoms with van der Waals surface area (Å²) < 4.78 is 14.4. The fourth-order valence-electron chi connectivity index (χ4n) is 1.17. The van der Waals surface area contributed by atoms with Gasteiger partial charge in [0.15, 0.2) is 7.05 Å². The highest BCUT2D eigenvalue weighted by Gasteiger charge is 2.02. The van der Waals surface area contributed by atoms with Crippen LogP contribution in [0.1, 0.15) is 0 Å². The van der Waals surface area contributed by atoms with Crippen molar-refractivity contribution in [2.24, 2.45) is 7.05 Å². The lowest BCUT2D eigenvalue weighted by Crippen LogP contribution is -2.27. The highest BCUT2D eigenvalue weighted by Crippen LogP contribution is 2.09. The van der Waals surface area contributed by atoms with Crippen LogP contribution in [0.4, 0.5) is 4.39 Å². The van der Waals surface area contributed by atoms with Crippen LogP contribution in [-0.2, 0) is 7.05 Å². The molecule has 0 fully saturated rings. The molecule has 0 aliphatic heterocycles. The van der Waals surface area contributed by atoms with Gasteiger partial charge in [0.1, 0.15) is 11.3 Å². The first kappa shape index (κ1) is 6.34. The summed E-state index contributed by atoms with van der Waals surface area (Å²) in [5.41, 5.74) is 0.826. The molecule has 11 heavy (non-hydrogen) atoms. The van der Waals surface area contributed by atoms with Crippen molar-refractivity contribution >= 4 is 10.9 Å². The molecule has 1 aromatic heterocycles. The Kier molecular flexibility index (Phi) is 1.18. The van der Waals surface area contributed by atoms with Gasteiger partial charge < -0.3 is 0 Å². The Morgan fingerprint density at radius 3 is 3.09 bits per heavy atom. The van der Waals surface area contributed by atoms with Crippen molar-refractivity contribution in [3.8, 4) is 0 Å². The Morgan fingerprint density at radius 2 is 2.27 bits per heavy atom. The minimum absolute atomic E-state index is 0.208. The molecule has 0 spiro atoms. The fraction of sp³-hybridized carbons (Fsp3) is 0.125. The SMILES string of the molecule is C[n+]1cc2ccc(F)cc2[nH]1. The molecule has 2 rings (SSSR count). The van der Waals surface area contributed by atoms with Gasteiger partial charge in [-0.1, -0.05) is 0 Å². The zero-order valence-electron chi connectivity index (χ0n) is 6.13. The first-order valence-electron chi connectivity index (χ1n) is 3.39. The molecule has 2 nitrogen and oxygen atoms in total. The number of halogens is 1. The number of fused-ring (bicyclic) bond motifs is 1. The zero-order chi connectivity index (χ0) is 7.84. The Hall–Kier alpha value is -1.38. The van der Waals surface area contributed by atoms with Gasteiger partial charge in [-0.15, -0.1) is 4.68 Å². The summed E-state index contributed by atoms with van der Waals surface area (Å²) in [6, 6.07) is 4.69. The fourth-order valence-corrected chi connectivity index (χ4v) is 1.17. The third-order valence-electron chi connectivity index (χ3n) is 1.64. The highest BCUT2D eigenvalue weighted by atomic mass is 19.1. The van der Waals surface area contributed by atoms with E-state index in [1.54, 1.807) is 10.7 Å². The van der Waals surface area contributed by atoms with Crippen LogP contribution in [0.3, 0.4) is 0 Å². The molecule has 0 radical (unpaired) electrons. The average molecular weight is 151 g/mol. The summed E-state index contributed by atoms with van der Waals surface area (Å²) in [7, 11) is 1.87. The number of aryl methyl sites for hydroxylation is 1. The van der Waals surface area contributed by atoms with Crippen LogP contribution in [0.25, 0.3) is 10.9 Å². The van der Waals surface area contributed by atoms with Gasteiger partial charge in [0.2, 0.25) is 6.20 Å². The van der Waals surface area contributed by atoms with Crippen LogP contribution in [0.5, 0.6) is 0 Å². The monoisotopic (exact) mass is 151 g/mol. The topological polar surface area (TPSA) is 19.7 Å².